The molecule has 1 aliphatic rings. The monoisotopic (exact) mass is 241 g/mol. The molecule has 0 aliphatic carbocycles. The van der Waals surface area contributed by atoms with E-state index in [1.807, 2.05) is 0 Å². The van der Waals surface area contributed by atoms with Crippen LogP contribution in [0.5, 0.6) is 0 Å². The maximum atomic E-state index is 11.4. The number of carboxylic acids is 1. The van der Waals surface area contributed by atoms with Crippen molar-refractivity contribution in [1.29, 1.82) is 0 Å². The molecule has 0 radical (unpaired) electrons. The number of carboxylic acid groups (broad SMARTS) is 1. The van der Waals surface area contributed by atoms with Crippen molar-refractivity contribution in [2.24, 2.45) is 11.3 Å². The number of likely N-dealkylation sites (tertiary alicyclic amines) is 1. The second-order valence-corrected chi connectivity index (χ2v) is 5.90. The molecule has 1 unspecified atom stereocenters. The van der Waals surface area contributed by atoms with Crippen LogP contribution in [0.3, 0.4) is 0 Å². The Morgan fingerprint density at radius 2 is 2.18 bits per heavy atom. The molecule has 1 fully saturated rings. The first-order chi connectivity index (χ1) is 8.00. The molecule has 17 heavy (non-hydrogen) atoms. The third-order valence-electron chi connectivity index (χ3n) is 3.87. The van der Waals surface area contributed by atoms with E-state index in [0.29, 0.717) is 0 Å². The summed E-state index contributed by atoms with van der Waals surface area (Å²) >= 11 is 0. The Balaban J connectivity index is 2.41. The van der Waals surface area contributed by atoms with Gasteiger partial charge in [0.1, 0.15) is 0 Å². The second-order valence-electron chi connectivity index (χ2n) is 5.90. The van der Waals surface area contributed by atoms with Crippen LogP contribution in [0.4, 0.5) is 0 Å². The molecule has 1 atom stereocenters. The maximum Gasteiger partial charge on any atom is 0.310 e. The molecule has 1 aliphatic heterocycles. The highest BCUT2D eigenvalue weighted by Crippen LogP contribution is 2.35. The third-order valence-corrected chi connectivity index (χ3v) is 3.87. The first kappa shape index (κ1) is 14.5. The lowest BCUT2D eigenvalue weighted by Crippen LogP contribution is -2.34. The van der Waals surface area contributed by atoms with Gasteiger partial charge in [-0.15, -0.1) is 0 Å². The molecule has 1 saturated heterocycles. The van der Waals surface area contributed by atoms with Crippen LogP contribution in [-0.2, 0) is 4.79 Å². The van der Waals surface area contributed by atoms with Crippen LogP contribution in [0.25, 0.3) is 0 Å². The molecule has 3 heteroatoms. The fraction of sp³-hybridized carbons (Fsp3) is 0.929. The van der Waals surface area contributed by atoms with Gasteiger partial charge in [0.15, 0.2) is 0 Å². The zero-order chi connectivity index (χ0) is 12.9. The Hall–Kier alpha value is -0.570. The highest BCUT2D eigenvalue weighted by atomic mass is 16.4. The second kappa shape index (κ2) is 6.39. The lowest BCUT2D eigenvalue weighted by atomic mass is 9.83. The van der Waals surface area contributed by atoms with Crippen molar-refractivity contribution in [2.75, 3.05) is 19.6 Å². The first-order valence-electron chi connectivity index (χ1n) is 6.96. The van der Waals surface area contributed by atoms with Crippen molar-refractivity contribution in [2.45, 2.75) is 52.9 Å². The standard InChI is InChI=1S/C14H27NO2/c1-4-7-14(13(16)17)8-10-15(11-14)9-5-6-12(2)3/h12H,4-11H2,1-3H3,(H,16,17). The summed E-state index contributed by atoms with van der Waals surface area (Å²) < 4.78 is 0. The largest absolute Gasteiger partial charge is 0.481 e. The number of rotatable bonds is 7. The molecule has 0 saturated carbocycles. The minimum absolute atomic E-state index is 0.452. The fourth-order valence-electron chi connectivity index (χ4n) is 2.84. The molecule has 1 heterocycles. The Morgan fingerprint density at radius 1 is 1.47 bits per heavy atom. The number of carbonyl (C=O) groups is 1. The molecular weight excluding hydrogens is 214 g/mol. The maximum absolute atomic E-state index is 11.4. The van der Waals surface area contributed by atoms with E-state index in [4.69, 9.17) is 0 Å². The average molecular weight is 241 g/mol. The molecule has 100 valence electrons. The van der Waals surface area contributed by atoms with Crippen molar-refractivity contribution >= 4 is 5.97 Å². The van der Waals surface area contributed by atoms with Crippen LogP contribution in [-0.4, -0.2) is 35.6 Å². The Labute approximate surface area is 105 Å². The lowest BCUT2D eigenvalue weighted by Gasteiger charge is -2.24. The summed E-state index contributed by atoms with van der Waals surface area (Å²) in [6.07, 6.45) is 5.05. The zero-order valence-electron chi connectivity index (χ0n) is 11.5. The van der Waals surface area contributed by atoms with Gasteiger partial charge in [-0.05, 0) is 44.7 Å². The highest BCUT2D eigenvalue weighted by Gasteiger charge is 2.43. The molecule has 0 aromatic carbocycles. The normalized spacial score (nSPS) is 25.6. The van der Waals surface area contributed by atoms with Gasteiger partial charge in [0.05, 0.1) is 5.41 Å². The first-order valence-corrected chi connectivity index (χ1v) is 6.96. The average Bonchev–Trinajstić information content (AvgIpc) is 2.63. The van der Waals surface area contributed by atoms with Crippen molar-refractivity contribution in [3.63, 3.8) is 0 Å². The highest BCUT2D eigenvalue weighted by molar-refractivity contribution is 5.75. The van der Waals surface area contributed by atoms with E-state index in [9.17, 15) is 9.90 Å². The quantitative estimate of drug-likeness (QED) is 0.745. The van der Waals surface area contributed by atoms with Crippen LogP contribution in [0, 0.1) is 11.3 Å². The van der Waals surface area contributed by atoms with E-state index in [2.05, 4.69) is 25.7 Å². The molecule has 0 amide bonds. The van der Waals surface area contributed by atoms with E-state index in [1.54, 1.807) is 0 Å². The molecule has 0 aromatic rings. The summed E-state index contributed by atoms with van der Waals surface area (Å²) in [6, 6.07) is 0. The lowest BCUT2D eigenvalue weighted by molar-refractivity contribution is -0.148. The van der Waals surface area contributed by atoms with Crippen LogP contribution < -0.4 is 0 Å². The van der Waals surface area contributed by atoms with E-state index < -0.39 is 11.4 Å². The molecule has 1 rings (SSSR count). The van der Waals surface area contributed by atoms with Gasteiger partial charge < -0.3 is 10.0 Å². The summed E-state index contributed by atoms with van der Waals surface area (Å²) in [7, 11) is 0. The molecular formula is C14H27NO2. The molecule has 0 aromatic heterocycles. The number of hydrogen-bond acceptors (Lipinski definition) is 2. The predicted molar refractivity (Wildman–Crippen MR) is 70.1 cm³/mol. The van der Waals surface area contributed by atoms with Crippen LogP contribution in [0.1, 0.15) is 52.9 Å². The molecule has 0 spiro atoms. The van der Waals surface area contributed by atoms with E-state index in [-0.39, 0.29) is 0 Å². The van der Waals surface area contributed by atoms with Crippen LogP contribution >= 0.6 is 0 Å². The van der Waals surface area contributed by atoms with Crippen molar-refractivity contribution in [1.82, 2.24) is 4.90 Å². The van der Waals surface area contributed by atoms with E-state index in [1.165, 1.54) is 12.8 Å². The van der Waals surface area contributed by atoms with Gasteiger partial charge in [0.2, 0.25) is 0 Å². The zero-order valence-corrected chi connectivity index (χ0v) is 11.5. The summed E-state index contributed by atoms with van der Waals surface area (Å²) in [4.78, 5) is 13.8. The molecule has 1 N–H and O–H groups in total. The minimum Gasteiger partial charge on any atom is -0.481 e. The van der Waals surface area contributed by atoms with Gasteiger partial charge in [-0.3, -0.25) is 4.79 Å². The summed E-state index contributed by atoms with van der Waals surface area (Å²) in [5.41, 5.74) is -0.452. The van der Waals surface area contributed by atoms with Gasteiger partial charge in [-0.1, -0.05) is 27.2 Å². The molecule has 0 bridgehead atoms. The summed E-state index contributed by atoms with van der Waals surface area (Å²) in [6.45, 7) is 9.34. The van der Waals surface area contributed by atoms with E-state index >= 15 is 0 Å². The fourth-order valence-corrected chi connectivity index (χ4v) is 2.84. The predicted octanol–water partition coefficient (Wildman–Crippen LogP) is 3.00. The Morgan fingerprint density at radius 3 is 2.71 bits per heavy atom. The smallest absolute Gasteiger partial charge is 0.310 e. The van der Waals surface area contributed by atoms with Gasteiger partial charge in [0.25, 0.3) is 0 Å². The van der Waals surface area contributed by atoms with Gasteiger partial charge in [0, 0.05) is 6.54 Å². The Kier molecular flexibility index (Phi) is 5.44. The van der Waals surface area contributed by atoms with Crippen molar-refractivity contribution < 1.29 is 9.90 Å². The van der Waals surface area contributed by atoms with Gasteiger partial charge in [-0.2, -0.15) is 0 Å². The van der Waals surface area contributed by atoms with Crippen molar-refractivity contribution in [3.8, 4) is 0 Å². The number of aliphatic carboxylic acids is 1. The summed E-state index contributed by atoms with van der Waals surface area (Å²) in [5.74, 6) is 0.156. The SMILES string of the molecule is CCCC1(C(=O)O)CCN(CCCC(C)C)C1. The van der Waals surface area contributed by atoms with Crippen LogP contribution in [0.15, 0.2) is 0 Å². The van der Waals surface area contributed by atoms with Crippen molar-refractivity contribution in [3.05, 3.63) is 0 Å². The topological polar surface area (TPSA) is 40.5 Å². The van der Waals surface area contributed by atoms with E-state index in [0.717, 1.165) is 44.8 Å². The molecule has 3 nitrogen and oxygen atoms in total. The Bertz CT molecular complexity index is 253. The number of hydrogen-bond donors (Lipinski definition) is 1. The minimum atomic E-state index is -0.592. The number of nitrogens with zero attached hydrogens (tertiary/aromatic N) is 1. The van der Waals surface area contributed by atoms with Gasteiger partial charge in [-0.25, -0.2) is 0 Å². The van der Waals surface area contributed by atoms with Crippen LogP contribution in [0.2, 0.25) is 0 Å². The van der Waals surface area contributed by atoms with Gasteiger partial charge >= 0.3 is 5.97 Å². The third kappa shape index (κ3) is 3.98. The summed E-state index contributed by atoms with van der Waals surface area (Å²) in [5, 5.41) is 9.40.